The normalized spacial score (nSPS) is 11.2. The average molecular weight is 468 g/mol. The summed E-state index contributed by atoms with van der Waals surface area (Å²) in [6, 6.07) is 18.4. The van der Waals surface area contributed by atoms with Gasteiger partial charge < -0.3 is 11.1 Å². The van der Waals surface area contributed by atoms with Gasteiger partial charge in [-0.05, 0) is 60.7 Å². The summed E-state index contributed by atoms with van der Waals surface area (Å²) in [7, 11) is -4.10. The Bertz CT molecular complexity index is 1350. The van der Waals surface area contributed by atoms with Crippen LogP contribution in [-0.4, -0.2) is 23.4 Å². The molecule has 0 atom stereocenters. The maximum atomic E-state index is 13.4. The maximum Gasteiger partial charge on any atom is 0.264 e. The minimum absolute atomic E-state index is 0.0660. The number of anilines is 4. The highest BCUT2D eigenvalue weighted by Crippen LogP contribution is 2.26. The van der Waals surface area contributed by atoms with E-state index in [-0.39, 0.29) is 29.2 Å². The molecule has 0 radical (unpaired) electrons. The molecule has 3 N–H and O–H groups in total. The molecule has 33 heavy (non-hydrogen) atoms. The molecule has 0 aliphatic rings. The number of nitrogens with two attached hydrogens (primary N) is 1. The first-order valence-electron chi connectivity index (χ1n) is 9.68. The van der Waals surface area contributed by atoms with E-state index in [1.807, 2.05) is 0 Å². The fraction of sp³-hybridized carbons (Fsp3) is 0.0455. The van der Waals surface area contributed by atoms with Crippen molar-refractivity contribution in [1.82, 2.24) is 15.0 Å². The molecular formula is C22H18F2N6O2S. The smallest absolute Gasteiger partial charge is 0.264 e. The van der Waals surface area contributed by atoms with Crippen molar-refractivity contribution >= 4 is 33.3 Å². The molecule has 0 saturated carbocycles. The Hall–Kier alpha value is -4.12. The second-order valence-corrected chi connectivity index (χ2v) is 8.73. The van der Waals surface area contributed by atoms with Crippen LogP contribution in [0.1, 0.15) is 5.82 Å². The SMILES string of the molecule is Nc1nc(CN(c2ccccc2)S(=O)(=O)c2ccc(F)cc2)nc(Nc2ccc(F)cc2)n1. The molecule has 0 amide bonds. The predicted molar refractivity (Wildman–Crippen MR) is 120 cm³/mol. The number of benzene rings is 3. The molecule has 8 nitrogen and oxygen atoms in total. The zero-order chi connectivity index (χ0) is 23.4. The number of nitrogen functional groups attached to an aromatic ring is 1. The molecule has 0 saturated heterocycles. The molecule has 0 bridgehead atoms. The standard InChI is InChI=1S/C22H18F2N6O2S/c23-15-6-10-17(11-7-15)26-22-28-20(27-21(25)29-22)14-30(18-4-2-1-3-5-18)33(31,32)19-12-8-16(24)9-13-19/h1-13H,14H2,(H3,25,26,27,28,29). The molecule has 0 aliphatic carbocycles. The fourth-order valence-electron chi connectivity index (χ4n) is 3.00. The molecule has 168 valence electrons. The molecule has 1 aromatic heterocycles. The van der Waals surface area contributed by atoms with Gasteiger partial charge in [-0.3, -0.25) is 4.31 Å². The van der Waals surface area contributed by atoms with Gasteiger partial charge in [0.05, 0.1) is 17.1 Å². The number of nitrogens with one attached hydrogen (secondary N) is 1. The summed E-state index contributed by atoms with van der Waals surface area (Å²) < 4.78 is 54.4. The first kappa shape index (κ1) is 22.1. The van der Waals surface area contributed by atoms with Crippen LogP contribution in [0.15, 0.2) is 83.8 Å². The van der Waals surface area contributed by atoms with E-state index in [0.29, 0.717) is 11.4 Å². The van der Waals surface area contributed by atoms with Gasteiger partial charge >= 0.3 is 0 Å². The van der Waals surface area contributed by atoms with E-state index in [1.165, 1.54) is 36.4 Å². The maximum absolute atomic E-state index is 13.4. The number of aromatic nitrogens is 3. The van der Waals surface area contributed by atoms with Crippen molar-refractivity contribution in [3.63, 3.8) is 0 Å². The first-order valence-corrected chi connectivity index (χ1v) is 11.1. The van der Waals surface area contributed by atoms with Gasteiger partial charge in [-0.15, -0.1) is 0 Å². The lowest BCUT2D eigenvalue weighted by atomic mass is 10.3. The summed E-state index contributed by atoms with van der Waals surface area (Å²) in [5, 5.41) is 2.88. The number of para-hydroxylation sites is 1. The average Bonchev–Trinajstić information content (AvgIpc) is 2.79. The van der Waals surface area contributed by atoms with Gasteiger partial charge in [0.2, 0.25) is 11.9 Å². The Kier molecular flexibility index (Phi) is 6.13. The van der Waals surface area contributed by atoms with E-state index in [4.69, 9.17) is 5.73 Å². The Labute approximate surface area is 188 Å². The van der Waals surface area contributed by atoms with Crippen LogP contribution in [-0.2, 0) is 16.6 Å². The second-order valence-electron chi connectivity index (χ2n) is 6.87. The molecule has 0 aliphatic heterocycles. The Morgan fingerprint density at radius 3 is 2.06 bits per heavy atom. The van der Waals surface area contributed by atoms with Gasteiger partial charge in [-0.2, -0.15) is 15.0 Å². The third kappa shape index (κ3) is 5.21. The Morgan fingerprint density at radius 1 is 0.818 bits per heavy atom. The van der Waals surface area contributed by atoms with Gasteiger partial charge in [0, 0.05) is 5.69 Å². The molecule has 1 heterocycles. The van der Waals surface area contributed by atoms with Crippen LogP contribution in [0.5, 0.6) is 0 Å². The highest BCUT2D eigenvalue weighted by atomic mass is 32.2. The second kappa shape index (κ2) is 9.17. The molecule has 3 aromatic carbocycles. The molecule has 0 unspecified atom stereocenters. The van der Waals surface area contributed by atoms with Gasteiger partial charge in [-0.25, -0.2) is 17.2 Å². The zero-order valence-electron chi connectivity index (χ0n) is 17.1. The summed E-state index contributed by atoms with van der Waals surface area (Å²) in [6.07, 6.45) is 0. The summed E-state index contributed by atoms with van der Waals surface area (Å²) in [6.45, 7) is -0.269. The predicted octanol–water partition coefficient (Wildman–Crippen LogP) is 3.87. The van der Waals surface area contributed by atoms with E-state index in [1.54, 1.807) is 30.3 Å². The molecule has 0 spiro atoms. The van der Waals surface area contributed by atoms with Crippen molar-refractivity contribution in [2.45, 2.75) is 11.4 Å². The minimum Gasteiger partial charge on any atom is -0.368 e. The van der Waals surface area contributed by atoms with Gasteiger partial charge in [0.1, 0.15) is 11.6 Å². The number of halogens is 2. The topological polar surface area (TPSA) is 114 Å². The summed E-state index contributed by atoms with van der Waals surface area (Å²) >= 11 is 0. The van der Waals surface area contributed by atoms with Crippen LogP contribution in [0, 0.1) is 11.6 Å². The fourth-order valence-corrected chi connectivity index (χ4v) is 4.42. The third-order valence-electron chi connectivity index (χ3n) is 4.53. The van der Waals surface area contributed by atoms with E-state index < -0.39 is 21.7 Å². The lowest BCUT2D eigenvalue weighted by molar-refractivity contribution is 0.588. The first-order chi connectivity index (χ1) is 15.8. The Morgan fingerprint density at radius 2 is 1.42 bits per heavy atom. The quantitative estimate of drug-likeness (QED) is 0.423. The molecule has 4 aromatic rings. The number of hydrogen-bond donors (Lipinski definition) is 2. The van der Waals surface area contributed by atoms with Crippen LogP contribution in [0.25, 0.3) is 0 Å². The number of sulfonamides is 1. The largest absolute Gasteiger partial charge is 0.368 e. The van der Waals surface area contributed by atoms with Crippen LogP contribution in [0.4, 0.5) is 32.1 Å². The van der Waals surface area contributed by atoms with Gasteiger partial charge in [-0.1, -0.05) is 18.2 Å². The summed E-state index contributed by atoms with van der Waals surface area (Å²) in [5.74, 6) is -0.947. The van der Waals surface area contributed by atoms with Crippen molar-refractivity contribution in [1.29, 1.82) is 0 Å². The van der Waals surface area contributed by atoms with Crippen LogP contribution >= 0.6 is 0 Å². The van der Waals surface area contributed by atoms with E-state index >= 15 is 0 Å². The van der Waals surface area contributed by atoms with Crippen LogP contribution in [0.3, 0.4) is 0 Å². The highest BCUT2D eigenvalue weighted by molar-refractivity contribution is 7.92. The molecule has 11 heteroatoms. The van der Waals surface area contributed by atoms with Crippen molar-refractivity contribution < 1.29 is 17.2 Å². The van der Waals surface area contributed by atoms with E-state index in [0.717, 1.165) is 16.4 Å². The lowest BCUT2D eigenvalue weighted by Gasteiger charge is -2.24. The zero-order valence-corrected chi connectivity index (χ0v) is 17.9. The van der Waals surface area contributed by atoms with E-state index in [9.17, 15) is 17.2 Å². The van der Waals surface area contributed by atoms with Crippen LogP contribution in [0.2, 0.25) is 0 Å². The molecule has 4 rings (SSSR count). The third-order valence-corrected chi connectivity index (χ3v) is 6.32. The molecular weight excluding hydrogens is 450 g/mol. The summed E-state index contributed by atoms with van der Waals surface area (Å²) in [4.78, 5) is 12.2. The van der Waals surface area contributed by atoms with Crippen LogP contribution < -0.4 is 15.4 Å². The minimum atomic E-state index is -4.10. The van der Waals surface area contributed by atoms with Gasteiger partial charge in [0.15, 0.2) is 5.82 Å². The molecule has 0 fully saturated rings. The number of rotatable bonds is 7. The summed E-state index contributed by atoms with van der Waals surface area (Å²) in [5.41, 5.74) is 6.68. The van der Waals surface area contributed by atoms with Crippen molar-refractivity contribution in [2.24, 2.45) is 0 Å². The number of nitrogens with zero attached hydrogens (tertiary/aromatic N) is 4. The monoisotopic (exact) mass is 468 g/mol. The Balaban J connectivity index is 1.70. The highest BCUT2D eigenvalue weighted by Gasteiger charge is 2.26. The van der Waals surface area contributed by atoms with Gasteiger partial charge in [0.25, 0.3) is 10.0 Å². The van der Waals surface area contributed by atoms with Crippen molar-refractivity contribution in [3.05, 3.63) is 96.3 Å². The van der Waals surface area contributed by atoms with Crippen molar-refractivity contribution in [2.75, 3.05) is 15.4 Å². The van der Waals surface area contributed by atoms with E-state index in [2.05, 4.69) is 20.3 Å². The lowest BCUT2D eigenvalue weighted by Crippen LogP contribution is -2.31. The number of hydrogen-bond acceptors (Lipinski definition) is 7. The van der Waals surface area contributed by atoms with Crippen molar-refractivity contribution in [3.8, 4) is 0 Å².